The van der Waals surface area contributed by atoms with E-state index in [0.717, 1.165) is 0 Å². The molecule has 0 atom stereocenters. The van der Waals surface area contributed by atoms with Gasteiger partial charge in [0.15, 0.2) is 0 Å². The van der Waals surface area contributed by atoms with Gasteiger partial charge in [-0.15, -0.1) is 0 Å². The van der Waals surface area contributed by atoms with Gasteiger partial charge in [0, 0.05) is 0 Å². The van der Waals surface area contributed by atoms with E-state index in [9.17, 15) is 0 Å². The Kier molecular flexibility index (Phi) is 2.64. The fourth-order valence-corrected chi connectivity index (χ4v) is 9.35. The molecular weight excluding hydrogens is 261 g/mol. The second-order valence-electron chi connectivity index (χ2n) is 3.90. The molecule has 0 aliphatic carbocycles. The van der Waals surface area contributed by atoms with Crippen LogP contribution in [0.5, 0.6) is 0 Å². The summed E-state index contributed by atoms with van der Waals surface area (Å²) in [4.78, 5) is 11.8. The van der Waals surface area contributed by atoms with Crippen LogP contribution in [0.3, 0.4) is 0 Å². The monoisotopic (exact) mass is 277 g/mol. The molecule has 0 amide bonds. The molecule has 0 unspecified atom stereocenters. The summed E-state index contributed by atoms with van der Waals surface area (Å²) in [7, 11) is 0. The van der Waals surface area contributed by atoms with Crippen LogP contribution in [0, 0.1) is 13.8 Å². The van der Waals surface area contributed by atoms with Crippen molar-refractivity contribution in [2.45, 2.75) is 28.7 Å². The van der Waals surface area contributed by atoms with Crippen LogP contribution < -0.4 is 2.89 Å². The Morgan fingerprint density at radius 2 is 1.73 bits per heavy atom. The first-order valence-corrected chi connectivity index (χ1v) is 14.7. The van der Waals surface area contributed by atoms with E-state index in [0.29, 0.717) is 0 Å². The molecule has 1 heterocycles. The van der Waals surface area contributed by atoms with Crippen molar-refractivity contribution in [1.29, 1.82) is 0 Å². The SMILES string of the molecule is Cc1nc(C)[c]([Sn]([CH3])([CH3])[CH3])s1. The summed E-state index contributed by atoms with van der Waals surface area (Å²) in [6.45, 7) is 4.24. The maximum atomic E-state index is 4.45. The molecule has 1 rings (SSSR count). The molecule has 0 radical (unpaired) electrons. The van der Waals surface area contributed by atoms with Crippen molar-refractivity contribution in [3.05, 3.63) is 10.7 Å². The summed E-state index contributed by atoms with van der Waals surface area (Å²) < 4.78 is 1.62. The molecule has 1 aromatic heterocycles. The van der Waals surface area contributed by atoms with E-state index in [1.165, 1.54) is 10.7 Å². The van der Waals surface area contributed by atoms with Gasteiger partial charge in [-0.25, -0.2) is 0 Å². The quantitative estimate of drug-likeness (QED) is 0.717. The third-order valence-corrected chi connectivity index (χ3v) is 12.4. The predicted molar refractivity (Wildman–Crippen MR) is 54.6 cm³/mol. The van der Waals surface area contributed by atoms with E-state index in [1.807, 2.05) is 11.3 Å². The topological polar surface area (TPSA) is 12.9 Å². The van der Waals surface area contributed by atoms with Crippen LogP contribution in [-0.2, 0) is 0 Å². The standard InChI is InChI=1S/C5H6NS.3CH3.Sn/c1-4-3-7-5(2)6-4;;;;/h1-2H3;3*1H3;. The number of aromatic nitrogens is 1. The molecule has 0 bridgehead atoms. The predicted octanol–water partition coefficient (Wildman–Crippen LogP) is 2.31. The van der Waals surface area contributed by atoms with Gasteiger partial charge in [-0.2, -0.15) is 0 Å². The molecule has 11 heavy (non-hydrogen) atoms. The van der Waals surface area contributed by atoms with Gasteiger partial charge >= 0.3 is 77.0 Å². The molecule has 62 valence electrons. The van der Waals surface area contributed by atoms with Crippen molar-refractivity contribution in [1.82, 2.24) is 4.98 Å². The Labute approximate surface area is 76.7 Å². The Morgan fingerprint density at radius 3 is 1.91 bits per heavy atom. The zero-order valence-corrected chi connectivity index (χ0v) is 11.5. The van der Waals surface area contributed by atoms with Gasteiger partial charge < -0.3 is 0 Å². The van der Waals surface area contributed by atoms with E-state index >= 15 is 0 Å². The van der Waals surface area contributed by atoms with Gasteiger partial charge in [0.2, 0.25) is 0 Å². The van der Waals surface area contributed by atoms with E-state index in [2.05, 4.69) is 33.7 Å². The molecular formula is C8H15NSSn. The number of hydrogen-bond acceptors (Lipinski definition) is 2. The van der Waals surface area contributed by atoms with Gasteiger partial charge in [-0.3, -0.25) is 0 Å². The zero-order chi connectivity index (χ0) is 8.65. The van der Waals surface area contributed by atoms with Gasteiger partial charge in [0.05, 0.1) is 0 Å². The fourth-order valence-electron chi connectivity index (χ4n) is 1.23. The van der Waals surface area contributed by atoms with Crippen molar-refractivity contribution in [3.8, 4) is 0 Å². The Hall–Kier alpha value is 0.429. The number of nitrogens with zero attached hydrogens (tertiary/aromatic N) is 1. The Balaban J connectivity index is 3.13. The number of thiazole rings is 1. The molecule has 0 fully saturated rings. The van der Waals surface area contributed by atoms with Crippen LogP contribution in [-0.4, -0.2) is 23.4 Å². The second kappa shape index (κ2) is 3.05. The Bertz CT molecular complexity index is 260. The number of aryl methyl sites for hydroxylation is 2. The van der Waals surface area contributed by atoms with Crippen LogP contribution in [0.4, 0.5) is 0 Å². The average molecular weight is 276 g/mol. The molecule has 0 saturated carbocycles. The van der Waals surface area contributed by atoms with Crippen LogP contribution in [0.25, 0.3) is 0 Å². The normalized spacial score (nSPS) is 12.1. The maximum absolute atomic E-state index is 4.45. The molecule has 1 aromatic rings. The van der Waals surface area contributed by atoms with Crippen molar-refractivity contribution < 1.29 is 0 Å². The first-order valence-electron chi connectivity index (χ1n) is 3.86. The minimum atomic E-state index is -1.80. The molecule has 0 aromatic carbocycles. The van der Waals surface area contributed by atoms with Crippen molar-refractivity contribution in [2.75, 3.05) is 0 Å². The van der Waals surface area contributed by atoms with E-state index in [-0.39, 0.29) is 0 Å². The van der Waals surface area contributed by atoms with Gasteiger partial charge in [0.25, 0.3) is 0 Å². The third kappa shape index (κ3) is 2.18. The Morgan fingerprint density at radius 1 is 1.18 bits per heavy atom. The molecule has 1 nitrogen and oxygen atoms in total. The summed E-state index contributed by atoms with van der Waals surface area (Å²) in [5.74, 6) is 0. The van der Waals surface area contributed by atoms with Crippen LogP contribution in [0.1, 0.15) is 10.7 Å². The minimum absolute atomic E-state index is 1.23. The van der Waals surface area contributed by atoms with Crippen LogP contribution in [0.15, 0.2) is 0 Å². The molecule has 3 heteroatoms. The average Bonchev–Trinajstić information content (AvgIpc) is 2.08. The summed E-state index contributed by atoms with van der Waals surface area (Å²) in [6.07, 6.45) is 0. The van der Waals surface area contributed by atoms with E-state index < -0.39 is 18.4 Å². The first kappa shape index (κ1) is 9.52. The molecule has 0 aliphatic rings. The first-order chi connectivity index (χ1) is 4.91. The molecule has 0 N–H and O–H groups in total. The van der Waals surface area contributed by atoms with Crippen molar-refractivity contribution in [3.63, 3.8) is 0 Å². The van der Waals surface area contributed by atoms with E-state index in [4.69, 9.17) is 0 Å². The van der Waals surface area contributed by atoms with Crippen LogP contribution >= 0.6 is 11.3 Å². The zero-order valence-electron chi connectivity index (χ0n) is 7.86. The molecule has 0 aliphatic heterocycles. The molecule has 0 spiro atoms. The summed E-state index contributed by atoms with van der Waals surface area (Å²) in [5.41, 5.74) is 1.29. The van der Waals surface area contributed by atoms with Gasteiger partial charge in [-0.1, -0.05) is 0 Å². The van der Waals surface area contributed by atoms with Gasteiger partial charge in [-0.05, 0) is 0 Å². The van der Waals surface area contributed by atoms with Crippen LogP contribution in [0.2, 0.25) is 14.8 Å². The summed E-state index contributed by atoms with van der Waals surface area (Å²) in [5, 5.41) is 1.23. The summed E-state index contributed by atoms with van der Waals surface area (Å²) in [6, 6.07) is 0. The van der Waals surface area contributed by atoms with Crippen molar-refractivity contribution >= 4 is 32.6 Å². The summed E-state index contributed by atoms with van der Waals surface area (Å²) >= 11 is 0.106. The van der Waals surface area contributed by atoms with Crippen molar-refractivity contribution in [2.24, 2.45) is 0 Å². The number of hydrogen-bond donors (Lipinski definition) is 0. The third-order valence-electron chi connectivity index (χ3n) is 1.58. The van der Waals surface area contributed by atoms with Gasteiger partial charge in [0.1, 0.15) is 0 Å². The number of rotatable bonds is 1. The van der Waals surface area contributed by atoms with E-state index in [1.54, 1.807) is 2.89 Å². The second-order valence-corrected chi connectivity index (χ2v) is 20.4. The fraction of sp³-hybridized carbons (Fsp3) is 0.625. The molecule has 0 saturated heterocycles.